The Morgan fingerprint density at radius 3 is 2.53 bits per heavy atom. The van der Waals surface area contributed by atoms with Gasteiger partial charge in [0.15, 0.2) is 0 Å². The molecule has 0 aliphatic carbocycles. The van der Waals surface area contributed by atoms with Crippen molar-refractivity contribution in [2.75, 3.05) is 18.5 Å². The van der Waals surface area contributed by atoms with E-state index in [4.69, 9.17) is 0 Å². The largest absolute Gasteiger partial charge is 0.392 e. The summed E-state index contributed by atoms with van der Waals surface area (Å²) in [7, 11) is 1.93. The molecule has 0 saturated carbocycles. The third kappa shape index (κ3) is 5.15. The Morgan fingerprint density at radius 2 is 2.06 bits per heavy atom. The highest BCUT2D eigenvalue weighted by Gasteiger charge is 2.05. The number of hydrogen-bond acceptors (Lipinski definition) is 4. The van der Waals surface area contributed by atoms with E-state index in [9.17, 15) is 5.11 Å². The highest BCUT2D eigenvalue weighted by Crippen LogP contribution is 2.10. The summed E-state index contributed by atoms with van der Waals surface area (Å²) in [5.74, 6) is 0.888. The second-order valence-electron chi connectivity index (χ2n) is 4.79. The van der Waals surface area contributed by atoms with Crippen LogP contribution in [0.3, 0.4) is 0 Å². The van der Waals surface area contributed by atoms with E-state index in [1.54, 1.807) is 6.92 Å². The minimum atomic E-state index is -0.343. The van der Waals surface area contributed by atoms with Crippen molar-refractivity contribution in [2.45, 2.75) is 39.5 Å². The molecule has 4 heteroatoms. The van der Waals surface area contributed by atoms with Crippen molar-refractivity contribution in [3.63, 3.8) is 0 Å². The summed E-state index contributed by atoms with van der Waals surface area (Å²) in [5.41, 5.74) is 1.17. The number of rotatable bonds is 6. The van der Waals surface area contributed by atoms with Crippen LogP contribution < -0.4 is 10.2 Å². The fourth-order valence-electron chi connectivity index (χ4n) is 1.56. The van der Waals surface area contributed by atoms with Crippen LogP contribution in [0.1, 0.15) is 26.3 Å². The number of likely N-dealkylation sites (N-methyl/N-ethyl adjacent to an activating group) is 1. The van der Waals surface area contributed by atoms with Gasteiger partial charge in [-0.05, 0) is 18.6 Å². The molecule has 0 amide bonds. The maximum atomic E-state index is 9.30. The van der Waals surface area contributed by atoms with Gasteiger partial charge in [0.05, 0.1) is 6.10 Å². The lowest BCUT2D eigenvalue weighted by molar-refractivity contribution is 0.201. The minimum absolute atomic E-state index is 0.343. The van der Waals surface area contributed by atoms with E-state index >= 15 is 0 Å². The molecule has 4 nitrogen and oxygen atoms in total. The molecule has 0 aromatic carbocycles. The monoisotopic (exact) mass is 237 g/mol. The Hall–Kier alpha value is -1.13. The number of aromatic nitrogens is 1. The Bertz CT molecular complexity index is 322. The van der Waals surface area contributed by atoms with Crippen molar-refractivity contribution < 1.29 is 5.11 Å². The van der Waals surface area contributed by atoms with Gasteiger partial charge in [-0.2, -0.15) is 0 Å². The van der Waals surface area contributed by atoms with E-state index in [2.05, 4.69) is 30.2 Å². The molecule has 0 radical (unpaired) electrons. The molecule has 1 unspecified atom stereocenters. The average Bonchev–Trinajstić information content (AvgIpc) is 2.26. The number of nitrogens with one attached hydrogen (secondary N) is 1. The molecule has 2 N–H and O–H groups in total. The molecule has 0 aliphatic rings. The van der Waals surface area contributed by atoms with Gasteiger partial charge in [0, 0.05) is 32.4 Å². The number of hydrogen-bond donors (Lipinski definition) is 2. The fourth-order valence-corrected chi connectivity index (χ4v) is 1.56. The molecule has 96 valence electrons. The average molecular weight is 237 g/mol. The number of pyridine rings is 1. The zero-order valence-corrected chi connectivity index (χ0v) is 11.1. The van der Waals surface area contributed by atoms with Crippen LogP contribution in [0.4, 0.5) is 5.82 Å². The van der Waals surface area contributed by atoms with Gasteiger partial charge in [-0.25, -0.2) is 4.98 Å². The zero-order chi connectivity index (χ0) is 12.8. The van der Waals surface area contributed by atoms with Crippen LogP contribution in [0.25, 0.3) is 0 Å². The van der Waals surface area contributed by atoms with E-state index in [0.717, 1.165) is 12.4 Å². The lowest BCUT2D eigenvalue weighted by atomic mass is 10.2. The summed E-state index contributed by atoms with van der Waals surface area (Å²) in [5, 5.41) is 12.7. The van der Waals surface area contributed by atoms with Crippen molar-refractivity contribution in [3.05, 3.63) is 23.9 Å². The third-order valence-corrected chi connectivity index (χ3v) is 2.45. The van der Waals surface area contributed by atoms with Crippen LogP contribution in [0.15, 0.2) is 18.3 Å². The van der Waals surface area contributed by atoms with E-state index in [-0.39, 0.29) is 6.10 Å². The highest BCUT2D eigenvalue weighted by atomic mass is 16.3. The van der Waals surface area contributed by atoms with Crippen LogP contribution in [-0.4, -0.2) is 35.8 Å². The standard InChI is InChI=1S/C13H23N3O/c1-10(2)14-7-12-5-6-13(15-8-12)16(4)9-11(3)17/h5-6,8,10-11,14,17H,7,9H2,1-4H3. The lowest BCUT2D eigenvalue weighted by Crippen LogP contribution is -2.27. The summed E-state index contributed by atoms with van der Waals surface area (Å²) in [6.45, 7) is 7.45. The molecule has 0 saturated heterocycles. The molecular formula is C13H23N3O. The van der Waals surface area contributed by atoms with Gasteiger partial charge in [0.1, 0.15) is 5.82 Å². The van der Waals surface area contributed by atoms with Crippen molar-refractivity contribution in [2.24, 2.45) is 0 Å². The van der Waals surface area contributed by atoms with Crippen LogP contribution in [0.2, 0.25) is 0 Å². The molecule has 1 aromatic heterocycles. The molecular weight excluding hydrogens is 214 g/mol. The van der Waals surface area contributed by atoms with Gasteiger partial charge >= 0.3 is 0 Å². The second-order valence-corrected chi connectivity index (χ2v) is 4.79. The maximum absolute atomic E-state index is 9.30. The van der Waals surface area contributed by atoms with Crippen LogP contribution in [-0.2, 0) is 6.54 Å². The van der Waals surface area contributed by atoms with Crippen molar-refractivity contribution >= 4 is 5.82 Å². The van der Waals surface area contributed by atoms with Gasteiger partial charge < -0.3 is 15.3 Å². The molecule has 17 heavy (non-hydrogen) atoms. The first kappa shape index (κ1) is 13.9. The van der Waals surface area contributed by atoms with Gasteiger partial charge in [-0.3, -0.25) is 0 Å². The second kappa shape index (κ2) is 6.57. The number of nitrogens with zero attached hydrogens (tertiary/aromatic N) is 2. The number of aliphatic hydroxyl groups is 1. The van der Waals surface area contributed by atoms with Gasteiger partial charge in [0.25, 0.3) is 0 Å². The van der Waals surface area contributed by atoms with Gasteiger partial charge in [-0.1, -0.05) is 19.9 Å². The van der Waals surface area contributed by atoms with Crippen molar-refractivity contribution in [1.82, 2.24) is 10.3 Å². The predicted molar refractivity (Wildman–Crippen MR) is 71.2 cm³/mol. The zero-order valence-electron chi connectivity index (χ0n) is 11.1. The van der Waals surface area contributed by atoms with E-state index < -0.39 is 0 Å². The van der Waals surface area contributed by atoms with Crippen molar-refractivity contribution in [3.8, 4) is 0 Å². The Morgan fingerprint density at radius 1 is 1.35 bits per heavy atom. The molecule has 0 fully saturated rings. The molecule has 0 spiro atoms. The summed E-state index contributed by atoms with van der Waals surface area (Å²) < 4.78 is 0. The minimum Gasteiger partial charge on any atom is -0.392 e. The molecule has 1 heterocycles. The first-order chi connectivity index (χ1) is 7.99. The lowest BCUT2D eigenvalue weighted by Gasteiger charge is -2.19. The highest BCUT2D eigenvalue weighted by molar-refractivity contribution is 5.38. The van der Waals surface area contributed by atoms with Gasteiger partial charge in [-0.15, -0.1) is 0 Å². The fraction of sp³-hybridized carbons (Fsp3) is 0.615. The SMILES string of the molecule is CC(O)CN(C)c1ccc(CNC(C)C)cn1. The van der Waals surface area contributed by atoms with Crippen molar-refractivity contribution in [1.29, 1.82) is 0 Å². The van der Waals surface area contributed by atoms with E-state index in [1.165, 1.54) is 5.56 Å². The molecule has 1 aromatic rings. The molecule has 1 rings (SSSR count). The molecule has 0 bridgehead atoms. The first-order valence-electron chi connectivity index (χ1n) is 6.06. The smallest absolute Gasteiger partial charge is 0.128 e. The molecule has 1 atom stereocenters. The summed E-state index contributed by atoms with van der Waals surface area (Å²) >= 11 is 0. The van der Waals surface area contributed by atoms with Crippen LogP contribution >= 0.6 is 0 Å². The Balaban J connectivity index is 2.55. The summed E-state index contributed by atoms with van der Waals surface area (Å²) in [4.78, 5) is 6.33. The Kier molecular flexibility index (Phi) is 5.38. The Labute approximate surface area is 104 Å². The molecule has 0 aliphatic heterocycles. The third-order valence-electron chi connectivity index (χ3n) is 2.45. The van der Waals surface area contributed by atoms with Crippen LogP contribution in [0.5, 0.6) is 0 Å². The topological polar surface area (TPSA) is 48.4 Å². The van der Waals surface area contributed by atoms with Crippen LogP contribution in [0, 0.1) is 0 Å². The van der Waals surface area contributed by atoms with E-state index in [0.29, 0.717) is 12.6 Å². The first-order valence-corrected chi connectivity index (χ1v) is 6.06. The normalized spacial score (nSPS) is 12.8. The van der Waals surface area contributed by atoms with Gasteiger partial charge in [0.2, 0.25) is 0 Å². The van der Waals surface area contributed by atoms with E-state index in [1.807, 2.05) is 24.2 Å². The quantitative estimate of drug-likeness (QED) is 0.785. The summed E-state index contributed by atoms with van der Waals surface area (Å²) in [6.07, 6.45) is 1.53. The maximum Gasteiger partial charge on any atom is 0.128 e. The number of aliphatic hydroxyl groups excluding tert-OH is 1. The summed E-state index contributed by atoms with van der Waals surface area (Å²) in [6, 6.07) is 4.53. The number of anilines is 1. The predicted octanol–water partition coefficient (Wildman–Crippen LogP) is 1.40.